The highest BCUT2D eigenvalue weighted by Crippen LogP contribution is 2.25. The molecule has 2 heterocycles. The number of nitrogens with one attached hydrogen (secondary N) is 1. The smallest absolute Gasteiger partial charge is 0.258 e. The predicted molar refractivity (Wildman–Crippen MR) is 92.5 cm³/mol. The zero-order valence-corrected chi connectivity index (χ0v) is 13.9. The van der Waals surface area contributed by atoms with Crippen molar-refractivity contribution in [2.24, 2.45) is 0 Å². The summed E-state index contributed by atoms with van der Waals surface area (Å²) in [4.78, 5) is 23.0. The van der Waals surface area contributed by atoms with Crippen molar-refractivity contribution in [2.75, 3.05) is 23.3 Å². The van der Waals surface area contributed by atoms with E-state index in [1.165, 1.54) is 6.42 Å². The third kappa shape index (κ3) is 3.92. The number of hydrogen-bond acceptors (Lipinski definition) is 4. The summed E-state index contributed by atoms with van der Waals surface area (Å²) >= 11 is 11.8. The highest BCUT2D eigenvalue weighted by atomic mass is 35.5. The maximum atomic E-state index is 12.2. The monoisotopic (exact) mass is 350 g/mol. The van der Waals surface area contributed by atoms with Gasteiger partial charge in [0, 0.05) is 31.2 Å². The maximum absolute atomic E-state index is 12.2. The van der Waals surface area contributed by atoms with Crippen LogP contribution in [0.3, 0.4) is 0 Å². The minimum Gasteiger partial charge on any atom is -0.341 e. The van der Waals surface area contributed by atoms with E-state index in [9.17, 15) is 4.79 Å². The molecule has 0 unspecified atom stereocenters. The molecule has 0 radical (unpaired) electrons. The molecule has 1 saturated heterocycles. The first-order chi connectivity index (χ1) is 11.1. The van der Waals surface area contributed by atoms with Crippen molar-refractivity contribution in [1.82, 2.24) is 9.97 Å². The van der Waals surface area contributed by atoms with Crippen LogP contribution in [0.4, 0.5) is 11.6 Å². The van der Waals surface area contributed by atoms with Gasteiger partial charge in [-0.25, -0.2) is 9.97 Å². The van der Waals surface area contributed by atoms with Gasteiger partial charge in [0.15, 0.2) is 0 Å². The molecule has 0 atom stereocenters. The molecule has 5 nitrogen and oxygen atoms in total. The van der Waals surface area contributed by atoms with Gasteiger partial charge in [-0.3, -0.25) is 4.79 Å². The minimum absolute atomic E-state index is 0.284. The molecule has 0 aliphatic carbocycles. The average Bonchev–Trinajstić information content (AvgIpc) is 2.59. The molecule has 0 spiro atoms. The Kier molecular flexibility index (Phi) is 4.98. The number of nitrogens with zero attached hydrogens (tertiary/aromatic N) is 3. The van der Waals surface area contributed by atoms with E-state index in [0.717, 1.165) is 25.9 Å². The van der Waals surface area contributed by atoms with Crippen molar-refractivity contribution in [3.05, 3.63) is 46.2 Å². The number of benzene rings is 1. The predicted octanol–water partition coefficient (Wildman–Crippen LogP) is 4.03. The third-order valence-electron chi connectivity index (χ3n) is 3.72. The largest absolute Gasteiger partial charge is 0.341 e. The first-order valence-corrected chi connectivity index (χ1v) is 8.22. The Balaban J connectivity index is 1.68. The van der Waals surface area contributed by atoms with Gasteiger partial charge < -0.3 is 10.2 Å². The summed E-state index contributed by atoms with van der Waals surface area (Å²) in [5, 5.41) is 3.58. The van der Waals surface area contributed by atoms with Gasteiger partial charge in [0.1, 0.15) is 0 Å². The van der Waals surface area contributed by atoms with Crippen molar-refractivity contribution >= 4 is 40.7 Å². The Bertz CT molecular complexity index is 700. The van der Waals surface area contributed by atoms with Crippen LogP contribution >= 0.6 is 23.2 Å². The van der Waals surface area contributed by atoms with E-state index in [1.807, 2.05) is 0 Å². The summed E-state index contributed by atoms with van der Waals surface area (Å²) in [5.74, 6) is 0.393. The Morgan fingerprint density at radius 3 is 2.39 bits per heavy atom. The van der Waals surface area contributed by atoms with E-state index < -0.39 is 0 Å². The number of rotatable bonds is 3. The van der Waals surface area contributed by atoms with Gasteiger partial charge in [0.25, 0.3) is 5.91 Å². The first kappa shape index (κ1) is 16.0. The van der Waals surface area contributed by atoms with Gasteiger partial charge in [0.2, 0.25) is 5.95 Å². The topological polar surface area (TPSA) is 58.1 Å². The van der Waals surface area contributed by atoms with Crippen LogP contribution < -0.4 is 10.2 Å². The molecule has 120 valence electrons. The van der Waals surface area contributed by atoms with E-state index in [1.54, 1.807) is 30.6 Å². The zero-order chi connectivity index (χ0) is 16.2. The number of piperidine rings is 1. The lowest BCUT2D eigenvalue weighted by Gasteiger charge is -2.26. The molecule has 3 rings (SSSR count). The molecule has 0 bridgehead atoms. The summed E-state index contributed by atoms with van der Waals surface area (Å²) in [7, 11) is 0. The fourth-order valence-corrected chi connectivity index (χ4v) is 2.77. The summed E-state index contributed by atoms with van der Waals surface area (Å²) in [6.07, 6.45) is 6.65. The standard InChI is InChI=1S/C16H16Cl2N4O/c17-13-5-4-12(8-14(13)18)21-15(23)11-9-19-16(20-10-11)22-6-2-1-3-7-22/h4-5,8-10H,1-3,6-7H2,(H,21,23). The van der Waals surface area contributed by atoms with Crippen molar-refractivity contribution in [1.29, 1.82) is 0 Å². The molecule has 7 heteroatoms. The number of hydrogen-bond donors (Lipinski definition) is 1. The second kappa shape index (κ2) is 7.15. The van der Waals surface area contributed by atoms with Crippen LogP contribution in [0.2, 0.25) is 10.0 Å². The van der Waals surface area contributed by atoms with Crippen LogP contribution in [0.5, 0.6) is 0 Å². The lowest BCUT2D eigenvalue weighted by molar-refractivity contribution is 0.102. The number of amides is 1. The summed E-state index contributed by atoms with van der Waals surface area (Å²) in [6, 6.07) is 4.93. The van der Waals surface area contributed by atoms with E-state index >= 15 is 0 Å². The number of halogens is 2. The van der Waals surface area contributed by atoms with Crippen molar-refractivity contribution < 1.29 is 4.79 Å². The van der Waals surface area contributed by atoms with Gasteiger partial charge >= 0.3 is 0 Å². The molecule has 1 aliphatic rings. The fraction of sp³-hybridized carbons (Fsp3) is 0.312. The SMILES string of the molecule is O=C(Nc1ccc(Cl)c(Cl)c1)c1cnc(N2CCCCC2)nc1. The highest BCUT2D eigenvalue weighted by Gasteiger charge is 2.14. The van der Waals surface area contributed by atoms with Crippen LogP contribution in [0, 0.1) is 0 Å². The molecule has 1 fully saturated rings. The van der Waals surface area contributed by atoms with Crippen molar-refractivity contribution in [3.63, 3.8) is 0 Å². The van der Waals surface area contributed by atoms with Crippen LogP contribution in [-0.4, -0.2) is 29.0 Å². The Labute approximate surface area is 144 Å². The molecule has 0 saturated carbocycles. The van der Waals surface area contributed by atoms with Crippen molar-refractivity contribution in [3.8, 4) is 0 Å². The van der Waals surface area contributed by atoms with Gasteiger partial charge in [-0.15, -0.1) is 0 Å². The van der Waals surface area contributed by atoms with Gasteiger partial charge in [-0.1, -0.05) is 23.2 Å². The lowest BCUT2D eigenvalue weighted by Crippen LogP contribution is -2.31. The normalized spacial score (nSPS) is 14.6. The summed E-state index contributed by atoms with van der Waals surface area (Å²) < 4.78 is 0. The van der Waals surface area contributed by atoms with Crippen LogP contribution in [-0.2, 0) is 0 Å². The molecule has 1 amide bonds. The molecule has 1 N–H and O–H groups in total. The van der Waals surface area contributed by atoms with E-state index in [-0.39, 0.29) is 5.91 Å². The molecule has 2 aromatic rings. The Morgan fingerprint density at radius 1 is 1.04 bits per heavy atom. The lowest BCUT2D eigenvalue weighted by atomic mass is 10.1. The zero-order valence-electron chi connectivity index (χ0n) is 12.4. The summed E-state index contributed by atoms with van der Waals surface area (Å²) in [5.41, 5.74) is 0.973. The van der Waals surface area contributed by atoms with E-state index in [4.69, 9.17) is 23.2 Å². The second-order valence-electron chi connectivity index (χ2n) is 5.40. The van der Waals surface area contributed by atoms with Gasteiger partial charge in [-0.2, -0.15) is 0 Å². The van der Waals surface area contributed by atoms with E-state index in [2.05, 4.69) is 20.2 Å². The molecular formula is C16H16Cl2N4O. The molecule has 1 aromatic heterocycles. The van der Waals surface area contributed by atoms with Crippen LogP contribution in [0.1, 0.15) is 29.6 Å². The quantitative estimate of drug-likeness (QED) is 0.907. The number of anilines is 2. The summed E-state index contributed by atoms with van der Waals surface area (Å²) in [6.45, 7) is 1.93. The fourth-order valence-electron chi connectivity index (χ4n) is 2.47. The van der Waals surface area contributed by atoms with Crippen molar-refractivity contribution in [2.45, 2.75) is 19.3 Å². The number of carbonyl (C=O) groups excluding carboxylic acids is 1. The second-order valence-corrected chi connectivity index (χ2v) is 6.22. The third-order valence-corrected chi connectivity index (χ3v) is 4.46. The van der Waals surface area contributed by atoms with Crippen LogP contribution in [0.15, 0.2) is 30.6 Å². The number of carbonyl (C=O) groups is 1. The van der Waals surface area contributed by atoms with Crippen LogP contribution in [0.25, 0.3) is 0 Å². The first-order valence-electron chi connectivity index (χ1n) is 7.47. The van der Waals surface area contributed by atoms with E-state index in [0.29, 0.717) is 27.2 Å². The van der Waals surface area contributed by atoms with Gasteiger partial charge in [-0.05, 0) is 37.5 Å². The molecule has 1 aliphatic heterocycles. The average molecular weight is 351 g/mol. The minimum atomic E-state index is -0.284. The Hall–Kier alpha value is -1.85. The number of aromatic nitrogens is 2. The van der Waals surface area contributed by atoms with Gasteiger partial charge in [0.05, 0.1) is 15.6 Å². The molecule has 23 heavy (non-hydrogen) atoms. The Morgan fingerprint density at radius 2 is 1.74 bits per heavy atom. The highest BCUT2D eigenvalue weighted by molar-refractivity contribution is 6.42. The molecular weight excluding hydrogens is 335 g/mol. The molecule has 1 aromatic carbocycles. The maximum Gasteiger partial charge on any atom is 0.258 e.